The minimum Gasteiger partial charge on any atom is -0.424 e. The average Bonchev–Trinajstić information content (AvgIpc) is 2.65. The van der Waals surface area contributed by atoms with Gasteiger partial charge in [-0.15, -0.1) is 10.2 Å². The summed E-state index contributed by atoms with van der Waals surface area (Å²) in [6.45, 7) is 6.44. The van der Waals surface area contributed by atoms with E-state index in [0.29, 0.717) is 11.8 Å². The van der Waals surface area contributed by atoms with Gasteiger partial charge in [0.1, 0.15) is 0 Å². The van der Waals surface area contributed by atoms with Gasteiger partial charge in [0.2, 0.25) is 11.8 Å². The van der Waals surface area contributed by atoms with Crippen LogP contribution < -0.4 is 0 Å². The van der Waals surface area contributed by atoms with E-state index in [1.54, 1.807) is 0 Å². The molecule has 0 bridgehead atoms. The van der Waals surface area contributed by atoms with Crippen LogP contribution in [0.25, 0.3) is 0 Å². The van der Waals surface area contributed by atoms with Gasteiger partial charge in [-0.05, 0) is 12.3 Å². The van der Waals surface area contributed by atoms with Gasteiger partial charge in [-0.2, -0.15) is 0 Å². The fraction of sp³-hybridized carbons (Fsp3) is 0.800. The molecule has 0 spiro atoms. The Balaban J connectivity index is 2.59. The normalized spacial score (nSPS) is 15.4. The molecule has 0 aliphatic heterocycles. The van der Waals surface area contributed by atoms with Crippen LogP contribution in [0.15, 0.2) is 4.42 Å². The Kier molecular flexibility index (Phi) is 4.58. The van der Waals surface area contributed by atoms with Crippen LogP contribution in [0.1, 0.15) is 50.2 Å². The van der Waals surface area contributed by atoms with Gasteiger partial charge in [0.05, 0.1) is 4.83 Å². The van der Waals surface area contributed by atoms with E-state index in [-0.39, 0.29) is 4.83 Å². The molecule has 2 atom stereocenters. The molecular formula is C10H17BrN2O. The molecule has 3 nitrogen and oxygen atoms in total. The highest BCUT2D eigenvalue weighted by atomic mass is 79.9. The molecule has 1 heterocycles. The first-order chi connectivity index (χ1) is 6.67. The minimum atomic E-state index is 0.195. The standard InChI is InChI=1S/C10H17BrN2O/c1-4-7(3)6-9-12-13-10(14-9)8(11)5-2/h7-8H,4-6H2,1-3H3. The van der Waals surface area contributed by atoms with Crippen molar-refractivity contribution in [3.05, 3.63) is 11.8 Å². The predicted octanol–water partition coefficient (Wildman–Crippen LogP) is 3.50. The quantitative estimate of drug-likeness (QED) is 0.761. The number of halogens is 1. The monoisotopic (exact) mass is 260 g/mol. The highest BCUT2D eigenvalue weighted by Crippen LogP contribution is 2.25. The number of rotatable bonds is 5. The predicted molar refractivity (Wildman–Crippen MR) is 59.4 cm³/mol. The molecule has 0 radical (unpaired) electrons. The zero-order chi connectivity index (χ0) is 10.6. The summed E-state index contributed by atoms with van der Waals surface area (Å²) in [7, 11) is 0. The van der Waals surface area contributed by atoms with Crippen molar-refractivity contribution in [2.45, 2.75) is 44.9 Å². The third-order valence-electron chi connectivity index (χ3n) is 2.33. The Bertz CT molecular complexity index is 275. The van der Waals surface area contributed by atoms with Crippen molar-refractivity contribution in [1.29, 1.82) is 0 Å². The zero-order valence-corrected chi connectivity index (χ0v) is 10.5. The van der Waals surface area contributed by atoms with E-state index in [0.717, 1.165) is 25.2 Å². The molecule has 1 rings (SSSR count). The molecule has 1 aromatic heterocycles. The van der Waals surface area contributed by atoms with Crippen molar-refractivity contribution < 1.29 is 4.42 Å². The first kappa shape index (κ1) is 11.7. The van der Waals surface area contributed by atoms with E-state index in [1.807, 2.05) is 0 Å². The van der Waals surface area contributed by atoms with Crippen LogP contribution in [-0.4, -0.2) is 10.2 Å². The van der Waals surface area contributed by atoms with Crippen LogP contribution in [0, 0.1) is 5.92 Å². The van der Waals surface area contributed by atoms with Crippen LogP contribution in [0.2, 0.25) is 0 Å². The average molecular weight is 261 g/mol. The summed E-state index contributed by atoms with van der Waals surface area (Å²) in [5.41, 5.74) is 0. The maximum Gasteiger partial charge on any atom is 0.230 e. The molecule has 0 fully saturated rings. The minimum absolute atomic E-state index is 0.195. The molecule has 80 valence electrons. The van der Waals surface area contributed by atoms with E-state index < -0.39 is 0 Å². The molecule has 0 saturated heterocycles. The largest absolute Gasteiger partial charge is 0.424 e. The van der Waals surface area contributed by atoms with E-state index in [9.17, 15) is 0 Å². The van der Waals surface area contributed by atoms with Crippen LogP contribution in [0.3, 0.4) is 0 Å². The Hall–Kier alpha value is -0.380. The second-order valence-electron chi connectivity index (χ2n) is 3.63. The molecule has 0 amide bonds. The van der Waals surface area contributed by atoms with E-state index in [2.05, 4.69) is 46.9 Å². The summed E-state index contributed by atoms with van der Waals surface area (Å²) in [5, 5.41) is 8.04. The maximum absolute atomic E-state index is 5.54. The third-order valence-corrected chi connectivity index (χ3v) is 3.37. The second-order valence-corrected chi connectivity index (χ2v) is 4.73. The van der Waals surface area contributed by atoms with E-state index in [1.165, 1.54) is 0 Å². The Labute approximate surface area is 93.4 Å². The fourth-order valence-electron chi connectivity index (χ4n) is 1.09. The molecule has 0 aromatic carbocycles. The van der Waals surface area contributed by atoms with Crippen molar-refractivity contribution >= 4 is 15.9 Å². The fourth-order valence-corrected chi connectivity index (χ4v) is 1.28. The van der Waals surface area contributed by atoms with Crippen molar-refractivity contribution in [3.63, 3.8) is 0 Å². The van der Waals surface area contributed by atoms with Gasteiger partial charge in [-0.1, -0.05) is 43.1 Å². The van der Waals surface area contributed by atoms with Gasteiger partial charge in [0.15, 0.2) is 0 Å². The molecule has 14 heavy (non-hydrogen) atoms. The molecule has 0 aliphatic carbocycles. The lowest BCUT2D eigenvalue weighted by molar-refractivity contribution is 0.409. The number of aromatic nitrogens is 2. The van der Waals surface area contributed by atoms with Gasteiger partial charge in [-0.25, -0.2) is 0 Å². The lowest BCUT2D eigenvalue weighted by Gasteiger charge is -2.03. The Morgan fingerprint density at radius 2 is 2.00 bits per heavy atom. The van der Waals surface area contributed by atoms with Crippen LogP contribution in [0.4, 0.5) is 0 Å². The van der Waals surface area contributed by atoms with Crippen LogP contribution >= 0.6 is 15.9 Å². The van der Waals surface area contributed by atoms with Gasteiger partial charge < -0.3 is 4.42 Å². The zero-order valence-electron chi connectivity index (χ0n) is 8.96. The first-order valence-corrected chi connectivity index (χ1v) is 6.05. The number of alkyl halides is 1. The van der Waals surface area contributed by atoms with Gasteiger partial charge in [0, 0.05) is 6.42 Å². The van der Waals surface area contributed by atoms with Gasteiger partial charge in [-0.3, -0.25) is 0 Å². The molecule has 0 N–H and O–H groups in total. The molecule has 1 aromatic rings. The summed E-state index contributed by atoms with van der Waals surface area (Å²) in [5.74, 6) is 2.07. The van der Waals surface area contributed by atoms with E-state index in [4.69, 9.17) is 4.42 Å². The Morgan fingerprint density at radius 3 is 2.57 bits per heavy atom. The topological polar surface area (TPSA) is 38.9 Å². The lowest BCUT2D eigenvalue weighted by atomic mass is 10.1. The maximum atomic E-state index is 5.54. The summed E-state index contributed by atoms with van der Waals surface area (Å²) >= 11 is 3.49. The molecule has 2 unspecified atom stereocenters. The van der Waals surface area contributed by atoms with Gasteiger partial charge >= 0.3 is 0 Å². The van der Waals surface area contributed by atoms with E-state index >= 15 is 0 Å². The summed E-state index contributed by atoms with van der Waals surface area (Å²) in [6.07, 6.45) is 2.99. The molecular weight excluding hydrogens is 244 g/mol. The number of hydrogen-bond acceptors (Lipinski definition) is 3. The second kappa shape index (κ2) is 5.49. The molecule has 4 heteroatoms. The lowest BCUT2D eigenvalue weighted by Crippen LogP contribution is -1.97. The highest BCUT2D eigenvalue weighted by Gasteiger charge is 2.14. The van der Waals surface area contributed by atoms with Crippen molar-refractivity contribution in [1.82, 2.24) is 10.2 Å². The number of nitrogens with zero attached hydrogens (tertiary/aromatic N) is 2. The third kappa shape index (κ3) is 3.08. The smallest absolute Gasteiger partial charge is 0.230 e. The summed E-state index contributed by atoms with van der Waals surface area (Å²) in [4.78, 5) is 0.195. The highest BCUT2D eigenvalue weighted by molar-refractivity contribution is 9.09. The molecule has 0 aliphatic rings. The van der Waals surface area contributed by atoms with Crippen LogP contribution in [-0.2, 0) is 6.42 Å². The SMILES string of the molecule is CCC(C)Cc1nnc(C(Br)CC)o1. The van der Waals surface area contributed by atoms with Gasteiger partial charge in [0.25, 0.3) is 0 Å². The summed E-state index contributed by atoms with van der Waals surface area (Å²) in [6, 6.07) is 0. The van der Waals surface area contributed by atoms with Crippen molar-refractivity contribution in [2.75, 3.05) is 0 Å². The van der Waals surface area contributed by atoms with Crippen molar-refractivity contribution in [3.8, 4) is 0 Å². The van der Waals surface area contributed by atoms with Crippen molar-refractivity contribution in [2.24, 2.45) is 5.92 Å². The summed E-state index contributed by atoms with van der Waals surface area (Å²) < 4.78 is 5.54. The molecule has 0 saturated carbocycles. The Morgan fingerprint density at radius 1 is 1.29 bits per heavy atom. The van der Waals surface area contributed by atoms with Crippen LogP contribution in [0.5, 0.6) is 0 Å². The first-order valence-electron chi connectivity index (χ1n) is 5.13. The number of hydrogen-bond donors (Lipinski definition) is 0.